The van der Waals surface area contributed by atoms with Gasteiger partial charge in [0, 0.05) is 11.4 Å². The second kappa shape index (κ2) is 6.88. The Balaban J connectivity index is 2.01. The number of halogens is 1. The van der Waals surface area contributed by atoms with E-state index >= 15 is 0 Å². The summed E-state index contributed by atoms with van der Waals surface area (Å²) < 4.78 is 30.5. The Hall–Kier alpha value is -1.64. The fourth-order valence-electron chi connectivity index (χ4n) is 1.58. The van der Waals surface area contributed by atoms with Crippen LogP contribution < -0.4 is 4.72 Å². The van der Waals surface area contributed by atoms with Crippen LogP contribution in [0, 0.1) is 0 Å². The monoisotopic (exact) mass is 331 g/mol. The molecule has 0 saturated carbocycles. The van der Waals surface area contributed by atoms with Gasteiger partial charge in [0.2, 0.25) is 21.7 Å². The minimum atomic E-state index is -3.41. The van der Waals surface area contributed by atoms with Gasteiger partial charge in [-0.2, -0.15) is 4.98 Å². The zero-order valence-electron chi connectivity index (χ0n) is 11.0. The molecule has 1 aromatic heterocycles. The number of aromatic hydroxyl groups is 1. The van der Waals surface area contributed by atoms with Gasteiger partial charge < -0.3 is 9.63 Å². The van der Waals surface area contributed by atoms with Crippen LogP contribution in [0.1, 0.15) is 12.3 Å². The van der Waals surface area contributed by atoms with E-state index in [0.29, 0.717) is 12.0 Å². The summed E-state index contributed by atoms with van der Waals surface area (Å²) in [4.78, 5) is 4.06. The summed E-state index contributed by atoms with van der Waals surface area (Å²) in [5.74, 6) is 0.733. The largest absolute Gasteiger partial charge is 0.508 e. The number of hydrogen-bond donors (Lipinski definition) is 2. The van der Waals surface area contributed by atoms with E-state index in [1.807, 2.05) is 0 Å². The van der Waals surface area contributed by atoms with Gasteiger partial charge in [-0.25, -0.2) is 13.1 Å². The van der Waals surface area contributed by atoms with Crippen molar-refractivity contribution in [3.63, 3.8) is 0 Å². The summed E-state index contributed by atoms with van der Waals surface area (Å²) in [6, 6.07) is 6.36. The van der Waals surface area contributed by atoms with Crippen LogP contribution in [-0.4, -0.2) is 35.3 Å². The number of rotatable bonds is 7. The summed E-state index contributed by atoms with van der Waals surface area (Å²) >= 11 is 5.46. The van der Waals surface area contributed by atoms with Crippen LogP contribution in [0.25, 0.3) is 11.4 Å². The minimum Gasteiger partial charge on any atom is -0.508 e. The molecule has 0 bridgehead atoms. The van der Waals surface area contributed by atoms with Crippen LogP contribution in [0.15, 0.2) is 28.8 Å². The first-order valence-corrected chi connectivity index (χ1v) is 8.34. The third-order valence-electron chi connectivity index (χ3n) is 2.56. The number of hydrogen-bond acceptors (Lipinski definition) is 6. The maximum absolute atomic E-state index is 11.6. The van der Waals surface area contributed by atoms with E-state index in [4.69, 9.17) is 16.1 Å². The highest BCUT2D eigenvalue weighted by Gasteiger charge is 2.13. The van der Waals surface area contributed by atoms with E-state index in [1.54, 1.807) is 12.1 Å². The Labute approximate surface area is 127 Å². The van der Waals surface area contributed by atoms with Crippen molar-refractivity contribution >= 4 is 21.6 Å². The normalized spacial score (nSPS) is 11.7. The third-order valence-corrected chi connectivity index (χ3v) is 4.24. The number of nitrogens with one attached hydrogen (secondary N) is 1. The fraction of sp³-hybridized carbons (Fsp3) is 0.333. The maximum Gasteiger partial charge on any atom is 0.242 e. The molecule has 0 aliphatic carbocycles. The molecule has 0 atom stereocenters. The van der Waals surface area contributed by atoms with Crippen molar-refractivity contribution in [2.24, 2.45) is 0 Å². The molecule has 9 heteroatoms. The van der Waals surface area contributed by atoms with Crippen LogP contribution in [0.5, 0.6) is 5.75 Å². The van der Waals surface area contributed by atoms with Crippen molar-refractivity contribution in [3.05, 3.63) is 30.2 Å². The highest BCUT2D eigenvalue weighted by Crippen LogP contribution is 2.20. The fourth-order valence-corrected chi connectivity index (χ4v) is 2.88. The van der Waals surface area contributed by atoms with Gasteiger partial charge in [0.1, 0.15) is 5.75 Å². The average molecular weight is 332 g/mol. The number of phenolic OH excluding ortho intramolecular Hbond substituents is 1. The molecule has 1 heterocycles. The van der Waals surface area contributed by atoms with Crippen LogP contribution in [0.2, 0.25) is 0 Å². The number of phenols is 1. The lowest BCUT2D eigenvalue weighted by molar-refractivity contribution is 0.376. The van der Waals surface area contributed by atoms with Gasteiger partial charge in [-0.1, -0.05) is 17.3 Å². The van der Waals surface area contributed by atoms with E-state index in [2.05, 4.69) is 14.9 Å². The van der Waals surface area contributed by atoms with Gasteiger partial charge >= 0.3 is 0 Å². The Morgan fingerprint density at radius 3 is 2.90 bits per heavy atom. The molecule has 1 aromatic carbocycles. The van der Waals surface area contributed by atoms with E-state index in [0.717, 1.165) is 0 Å². The Bertz CT molecular complexity index is 702. The molecule has 0 aliphatic rings. The number of alkyl halides is 1. The quantitative estimate of drug-likeness (QED) is 0.745. The highest BCUT2D eigenvalue weighted by atomic mass is 35.5. The van der Waals surface area contributed by atoms with Crippen molar-refractivity contribution < 1.29 is 18.0 Å². The minimum absolute atomic E-state index is 0.0515. The molecular formula is C12H14ClN3O4S. The number of sulfonamides is 1. The number of benzene rings is 1. The smallest absolute Gasteiger partial charge is 0.242 e. The molecule has 21 heavy (non-hydrogen) atoms. The van der Waals surface area contributed by atoms with E-state index in [-0.39, 0.29) is 35.6 Å². The Morgan fingerprint density at radius 1 is 1.38 bits per heavy atom. The molecule has 7 nitrogen and oxygen atoms in total. The molecule has 2 aromatic rings. The van der Waals surface area contributed by atoms with E-state index < -0.39 is 10.0 Å². The SMILES string of the molecule is O=S(=O)(CCCCl)NCc1nc(-c2cccc(O)c2)no1. The summed E-state index contributed by atoms with van der Waals surface area (Å²) in [6.07, 6.45) is 0.370. The zero-order chi connectivity index (χ0) is 15.3. The van der Waals surface area contributed by atoms with Crippen LogP contribution in [0.3, 0.4) is 0 Å². The first-order valence-electron chi connectivity index (χ1n) is 6.15. The molecule has 0 radical (unpaired) electrons. The van der Waals surface area contributed by atoms with Gasteiger partial charge in [0.15, 0.2) is 0 Å². The Kier molecular flexibility index (Phi) is 5.16. The lowest BCUT2D eigenvalue weighted by atomic mass is 10.2. The second-order valence-corrected chi connectivity index (χ2v) is 6.55. The molecule has 114 valence electrons. The van der Waals surface area contributed by atoms with Gasteiger partial charge in [-0.05, 0) is 18.6 Å². The average Bonchev–Trinajstić information content (AvgIpc) is 2.92. The van der Waals surface area contributed by atoms with Gasteiger partial charge in [-0.15, -0.1) is 11.6 Å². The van der Waals surface area contributed by atoms with Crippen LogP contribution in [-0.2, 0) is 16.6 Å². The molecule has 2 rings (SSSR count). The van der Waals surface area contributed by atoms with Crippen molar-refractivity contribution in [3.8, 4) is 17.1 Å². The first-order chi connectivity index (χ1) is 10.00. The predicted octanol–water partition coefficient (Wildman–Crippen LogP) is 1.49. The maximum atomic E-state index is 11.6. The Morgan fingerprint density at radius 2 is 2.19 bits per heavy atom. The molecule has 0 unspecified atom stereocenters. The van der Waals surface area contributed by atoms with Gasteiger partial charge in [-0.3, -0.25) is 0 Å². The van der Waals surface area contributed by atoms with Crippen LogP contribution in [0.4, 0.5) is 0 Å². The molecule has 0 aliphatic heterocycles. The standard InChI is InChI=1S/C12H14ClN3O4S/c13-5-2-6-21(18,19)14-8-11-15-12(16-20-11)9-3-1-4-10(17)7-9/h1,3-4,7,14,17H,2,5-6,8H2. The molecule has 2 N–H and O–H groups in total. The van der Waals surface area contributed by atoms with Gasteiger partial charge in [0.05, 0.1) is 12.3 Å². The second-order valence-electron chi connectivity index (χ2n) is 4.24. The summed E-state index contributed by atoms with van der Waals surface area (Å²) in [5.41, 5.74) is 0.579. The highest BCUT2D eigenvalue weighted by molar-refractivity contribution is 7.89. The molecule has 0 spiro atoms. The van der Waals surface area contributed by atoms with Crippen LogP contribution >= 0.6 is 11.6 Å². The molecular weight excluding hydrogens is 318 g/mol. The van der Waals surface area contributed by atoms with Crippen molar-refractivity contribution in [1.29, 1.82) is 0 Å². The summed E-state index contributed by atoms with van der Waals surface area (Å²) in [5, 5.41) is 13.1. The van der Waals surface area contributed by atoms with E-state index in [1.165, 1.54) is 12.1 Å². The van der Waals surface area contributed by atoms with Crippen molar-refractivity contribution in [2.45, 2.75) is 13.0 Å². The predicted molar refractivity (Wildman–Crippen MR) is 77.4 cm³/mol. The molecule has 0 fully saturated rings. The summed E-state index contributed by atoms with van der Waals surface area (Å²) in [6.45, 7) is -0.0869. The third kappa shape index (κ3) is 4.69. The van der Waals surface area contributed by atoms with E-state index in [9.17, 15) is 13.5 Å². The molecule has 0 saturated heterocycles. The van der Waals surface area contributed by atoms with Crippen molar-refractivity contribution in [2.75, 3.05) is 11.6 Å². The first kappa shape index (κ1) is 15.7. The van der Waals surface area contributed by atoms with Crippen molar-refractivity contribution in [1.82, 2.24) is 14.9 Å². The zero-order valence-corrected chi connectivity index (χ0v) is 12.6. The molecule has 0 amide bonds. The summed E-state index contributed by atoms with van der Waals surface area (Å²) in [7, 11) is -3.41. The lowest BCUT2D eigenvalue weighted by Gasteiger charge is -2.02. The topological polar surface area (TPSA) is 105 Å². The van der Waals surface area contributed by atoms with Gasteiger partial charge in [0.25, 0.3) is 0 Å². The number of aromatic nitrogens is 2. The number of nitrogens with zero attached hydrogens (tertiary/aromatic N) is 2. The lowest BCUT2D eigenvalue weighted by Crippen LogP contribution is -2.26.